The first-order valence-corrected chi connectivity index (χ1v) is 7.31. The van der Waals surface area contributed by atoms with Gasteiger partial charge in [0.25, 0.3) is 0 Å². The maximum atomic E-state index is 13.4. The van der Waals surface area contributed by atoms with Crippen molar-refractivity contribution in [3.05, 3.63) is 34.1 Å². The zero-order valence-corrected chi connectivity index (χ0v) is 13.3. The number of hydrogen-bond donors (Lipinski definition) is 1. The lowest BCUT2D eigenvalue weighted by Gasteiger charge is -2.31. The smallest absolute Gasteiger partial charge is 0.137 e. The van der Waals surface area contributed by atoms with E-state index in [0.717, 1.165) is 24.9 Å². The van der Waals surface area contributed by atoms with Crippen molar-refractivity contribution < 1.29 is 4.39 Å². The first-order chi connectivity index (χ1) is 8.36. The number of hydrogen-bond acceptors (Lipinski definition) is 1. The Labute approximate surface area is 118 Å². The van der Waals surface area contributed by atoms with Gasteiger partial charge < -0.3 is 5.32 Å². The fourth-order valence-corrected chi connectivity index (χ4v) is 2.59. The van der Waals surface area contributed by atoms with E-state index in [2.05, 4.69) is 48.9 Å². The van der Waals surface area contributed by atoms with Crippen LogP contribution in [-0.4, -0.2) is 12.6 Å². The molecule has 0 heterocycles. The van der Waals surface area contributed by atoms with Crippen molar-refractivity contribution in [2.24, 2.45) is 5.41 Å². The van der Waals surface area contributed by atoms with Crippen molar-refractivity contribution in [1.82, 2.24) is 5.32 Å². The van der Waals surface area contributed by atoms with Crippen LogP contribution in [0.25, 0.3) is 0 Å². The molecule has 0 fully saturated rings. The van der Waals surface area contributed by atoms with Crippen LogP contribution in [0.15, 0.2) is 22.7 Å². The average molecular weight is 316 g/mol. The molecule has 0 aliphatic heterocycles. The van der Waals surface area contributed by atoms with Gasteiger partial charge in [-0.05, 0) is 52.4 Å². The minimum absolute atomic E-state index is 0.178. The van der Waals surface area contributed by atoms with Gasteiger partial charge in [0.05, 0.1) is 4.47 Å². The van der Waals surface area contributed by atoms with Crippen molar-refractivity contribution in [2.45, 2.75) is 46.6 Å². The van der Waals surface area contributed by atoms with E-state index in [-0.39, 0.29) is 11.2 Å². The fourth-order valence-electron chi connectivity index (χ4n) is 2.13. The van der Waals surface area contributed by atoms with Crippen LogP contribution in [0.4, 0.5) is 4.39 Å². The van der Waals surface area contributed by atoms with Crippen LogP contribution in [0.1, 0.15) is 39.7 Å². The molecule has 0 saturated carbocycles. The number of halogens is 2. The molecule has 0 saturated heterocycles. The molecule has 1 nitrogen and oxygen atoms in total. The van der Waals surface area contributed by atoms with Crippen molar-refractivity contribution in [3.63, 3.8) is 0 Å². The molecule has 1 unspecified atom stereocenters. The maximum Gasteiger partial charge on any atom is 0.137 e. The highest BCUT2D eigenvalue weighted by atomic mass is 79.9. The second-order valence-corrected chi connectivity index (χ2v) is 6.52. The molecular formula is C15H23BrFN. The van der Waals surface area contributed by atoms with Crippen LogP contribution in [0, 0.1) is 11.2 Å². The molecule has 3 heteroatoms. The van der Waals surface area contributed by atoms with E-state index >= 15 is 0 Å². The highest BCUT2D eigenvalue weighted by molar-refractivity contribution is 9.10. The summed E-state index contributed by atoms with van der Waals surface area (Å²) in [6, 6.07) is 5.69. The van der Waals surface area contributed by atoms with Crippen LogP contribution in [-0.2, 0) is 6.42 Å². The first-order valence-electron chi connectivity index (χ1n) is 6.52. The monoisotopic (exact) mass is 315 g/mol. The summed E-state index contributed by atoms with van der Waals surface area (Å²) in [5, 5.41) is 3.52. The molecule has 0 radical (unpaired) electrons. The Kier molecular flexibility index (Phi) is 5.80. The summed E-state index contributed by atoms with van der Waals surface area (Å²) in [6.07, 6.45) is 1.90. The van der Waals surface area contributed by atoms with Gasteiger partial charge in [0, 0.05) is 6.04 Å². The van der Waals surface area contributed by atoms with E-state index in [0.29, 0.717) is 10.5 Å². The normalized spacial score (nSPS) is 13.7. The minimum atomic E-state index is -0.178. The molecular weight excluding hydrogens is 293 g/mol. The number of benzene rings is 1. The second kappa shape index (κ2) is 6.67. The molecule has 0 spiro atoms. The predicted molar refractivity (Wildman–Crippen MR) is 79.3 cm³/mol. The van der Waals surface area contributed by atoms with Gasteiger partial charge in [-0.1, -0.05) is 39.8 Å². The lowest BCUT2D eigenvalue weighted by Crippen LogP contribution is -2.40. The van der Waals surface area contributed by atoms with Crippen LogP contribution < -0.4 is 5.32 Å². The Morgan fingerprint density at radius 2 is 2.00 bits per heavy atom. The Bertz CT molecular complexity index is 385. The standard InChI is InChI=1S/C15H23BrFN/c1-5-18-13(15(2,3)4)10-9-11-7-6-8-12(17)14(11)16/h6-8,13,18H,5,9-10H2,1-4H3. The molecule has 102 valence electrons. The van der Waals surface area contributed by atoms with Crippen LogP contribution in [0.3, 0.4) is 0 Å². The molecule has 0 aromatic heterocycles. The topological polar surface area (TPSA) is 12.0 Å². The van der Waals surface area contributed by atoms with E-state index in [4.69, 9.17) is 0 Å². The van der Waals surface area contributed by atoms with Gasteiger partial charge in [-0.25, -0.2) is 4.39 Å². The maximum absolute atomic E-state index is 13.4. The van der Waals surface area contributed by atoms with Gasteiger partial charge >= 0.3 is 0 Å². The van der Waals surface area contributed by atoms with Crippen molar-refractivity contribution in [3.8, 4) is 0 Å². The molecule has 0 aliphatic rings. The van der Waals surface area contributed by atoms with Crippen LogP contribution >= 0.6 is 15.9 Å². The lowest BCUT2D eigenvalue weighted by atomic mass is 9.83. The minimum Gasteiger partial charge on any atom is -0.314 e. The molecule has 1 rings (SSSR count). The van der Waals surface area contributed by atoms with E-state index in [9.17, 15) is 4.39 Å². The third-order valence-electron chi connectivity index (χ3n) is 3.23. The van der Waals surface area contributed by atoms with E-state index in [1.54, 1.807) is 6.07 Å². The van der Waals surface area contributed by atoms with E-state index < -0.39 is 0 Å². The highest BCUT2D eigenvalue weighted by Crippen LogP contribution is 2.26. The van der Waals surface area contributed by atoms with Crippen molar-refractivity contribution in [2.75, 3.05) is 6.54 Å². The quantitative estimate of drug-likeness (QED) is 0.840. The number of aryl methyl sites for hydroxylation is 1. The zero-order valence-electron chi connectivity index (χ0n) is 11.7. The van der Waals surface area contributed by atoms with Crippen LogP contribution in [0.2, 0.25) is 0 Å². The fraction of sp³-hybridized carbons (Fsp3) is 0.600. The highest BCUT2D eigenvalue weighted by Gasteiger charge is 2.23. The third kappa shape index (κ3) is 4.36. The van der Waals surface area contributed by atoms with E-state index in [1.165, 1.54) is 6.07 Å². The number of nitrogens with one attached hydrogen (secondary N) is 1. The zero-order chi connectivity index (χ0) is 13.8. The van der Waals surface area contributed by atoms with Gasteiger partial charge in [0.2, 0.25) is 0 Å². The summed E-state index contributed by atoms with van der Waals surface area (Å²) < 4.78 is 14.0. The van der Waals surface area contributed by atoms with Gasteiger partial charge in [0.15, 0.2) is 0 Å². The second-order valence-electron chi connectivity index (χ2n) is 5.73. The SMILES string of the molecule is CCNC(CCc1cccc(F)c1Br)C(C)(C)C. The van der Waals surface area contributed by atoms with Crippen molar-refractivity contribution in [1.29, 1.82) is 0 Å². The molecule has 18 heavy (non-hydrogen) atoms. The average Bonchev–Trinajstić information content (AvgIpc) is 2.28. The van der Waals surface area contributed by atoms with E-state index in [1.807, 2.05) is 6.07 Å². The first kappa shape index (κ1) is 15.6. The molecule has 0 amide bonds. The molecule has 0 bridgehead atoms. The van der Waals surface area contributed by atoms with Gasteiger partial charge in [-0.3, -0.25) is 0 Å². The molecule has 1 aromatic rings. The van der Waals surface area contributed by atoms with Crippen LogP contribution in [0.5, 0.6) is 0 Å². The molecule has 1 atom stereocenters. The Morgan fingerprint density at radius 3 is 2.56 bits per heavy atom. The number of rotatable bonds is 5. The largest absolute Gasteiger partial charge is 0.314 e. The lowest BCUT2D eigenvalue weighted by molar-refractivity contribution is 0.258. The summed E-state index contributed by atoms with van der Waals surface area (Å²) in [6.45, 7) is 9.80. The summed E-state index contributed by atoms with van der Waals surface area (Å²) in [4.78, 5) is 0. The Balaban J connectivity index is 2.70. The molecule has 0 aliphatic carbocycles. The Morgan fingerprint density at radius 1 is 1.33 bits per heavy atom. The summed E-state index contributed by atoms with van der Waals surface area (Å²) >= 11 is 3.32. The Hall–Kier alpha value is -0.410. The van der Waals surface area contributed by atoms with Gasteiger partial charge in [-0.15, -0.1) is 0 Å². The van der Waals surface area contributed by atoms with Crippen molar-refractivity contribution >= 4 is 15.9 Å². The summed E-state index contributed by atoms with van der Waals surface area (Å²) in [5.41, 5.74) is 1.26. The third-order valence-corrected chi connectivity index (χ3v) is 4.12. The predicted octanol–water partition coefficient (Wildman–Crippen LogP) is 4.55. The molecule has 1 N–H and O–H groups in total. The summed E-state index contributed by atoms with van der Waals surface area (Å²) in [7, 11) is 0. The van der Waals surface area contributed by atoms with Gasteiger partial charge in [-0.2, -0.15) is 0 Å². The summed E-state index contributed by atoms with van der Waals surface area (Å²) in [5.74, 6) is -0.178. The molecule has 1 aromatic carbocycles. The van der Waals surface area contributed by atoms with Gasteiger partial charge in [0.1, 0.15) is 5.82 Å².